The Balaban J connectivity index is 0.000000325. The Morgan fingerprint density at radius 3 is 0.875 bits per heavy atom. The van der Waals surface area contributed by atoms with Crippen molar-refractivity contribution in [3.8, 4) is 0 Å². The molecule has 0 saturated heterocycles. The second kappa shape index (κ2) is 14.1. The molecule has 2 nitrogen and oxygen atoms in total. The Hall–Kier alpha value is -0.0800. The van der Waals surface area contributed by atoms with Crippen LogP contribution in [0.25, 0.3) is 0 Å². The van der Waals surface area contributed by atoms with E-state index >= 15 is 0 Å². The molecule has 2 heteroatoms. The number of aliphatic hydroxyl groups is 1. The molecular formula is C22H46O2. The van der Waals surface area contributed by atoms with Crippen molar-refractivity contribution in [2.75, 3.05) is 0 Å². The van der Waals surface area contributed by atoms with Gasteiger partial charge in [-0.05, 0) is 36.5 Å². The maximum absolute atomic E-state index is 8.91. The van der Waals surface area contributed by atoms with Crippen LogP contribution in [0.3, 0.4) is 0 Å². The molecule has 0 aliphatic heterocycles. The highest BCUT2D eigenvalue weighted by atomic mass is 16.3. The van der Waals surface area contributed by atoms with Crippen molar-refractivity contribution in [2.45, 2.75) is 117 Å². The minimum Gasteiger partial charge on any atom is -0.412 e. The van der Waals surface area contributed by atoms with Crippen LogP contribution < -0.4 is 0 Å². The van der Waals surface area contributed by atoms with Crippen molar-refractivity contribution in [3.05, 3.63) is 0 Å². The van der Waals surface area contributed by atoms with E-state index in [1.165, 1.54) is 70.6 Å². The lowest BCUT2D eigenvalue weighted by Crippen LogP contribution is -2.12. The van der Waals surface area contributed by atoms with Gasteiger partial charge in [-0.2, -0.15) is 0 Å². The Kier molecular flexibility index (Phi) is 14.1. The van der Waals surface area contributed by atoms with Gasteiger partial charge in [-0.25, -0.2) is 0 Å². The van der Waals surface area contributed by atoms with Crippen LogP contribution in [0.4, 0.5) is 0 Å². The van der Waals surface area contributed by atoms with E-state index in [0.717, 1.165) is 36.5 Å². The summed E-state index contributed by atoms with van der Waals surface area (Å²) in [4.78, 5) is 0. The fourth-order valence-corrected chi connectivity index (χ4v) is 4.08. The van der Waals surface area contributed by atoms with Gasteiger partial charge in [-0.3, -0.25) is 0 Å². The second-order valence-corrected chi connectivity index (χ2v) is 8.77. The zero-order valence-electron chi connectivity index (χ0n) is 17.0. The maximum Gasteiger partial charge on any atom is 0.0540 e. The van der Waals surface area contributed by atoms with Crippen molar-refractivity contribution in [3.63, 3.8) is 0 Å². The molecule has 24 heavy (non-hydrogen) atoms. The van der Waals surface area contributed by atoms with Gasteiger partial charge in [0.1, 0.15) is 0 Å². The second-order valence-electron chi connectivity index (χ2n) is 8.77. The third-order valence-corrected chi connectivity index (χ3v) is 6.66. The molecule has 3 aliphatic rings. The molecule has 0 bridgehead atoms. The van der Waals surface area contributed by atoms with Crippen LogP contribution in [-0.2, 0) is 0 Å². The van der Waals surface area contributed by atoms with E-state index in [2.05, 4.69) is 27.7 Å². The van der Waals surface area contributed by atoms with Crippen LogP contribution in [0.2, 0.25) is 0 Å². The first-order valence-corrected chi connectivity index (χ1v) is 10.7. The molecule has 3 fully saturated rings. The lowest BCUT2D eigenvalue weighted by atomic mass is 9.82. The molecule has 0 radical (unpaired) electrons. The molecule has 3 N–H and O–H groups in total. The summed E-state index contributed by atoms with van der Waals surface area (Å²) in [6, 6.07) is 0. The predicted molar refractivity (Wildman–Crippen MR) is 106 cm³/mol. The first-order chi connectivity index (χ1) is 11.0. The first-order valence-electron chi connectivity index (χ1n) is 10.7. The molecule has 146 valence electrons. The van der Waals surface area contributed by atoms with Gasteiger partial charge in [0, 0.05) is 0 Å². The summed E-state index contributed by atoms with van der Waals surface area (Å²) >= 11 is 0. The Morgan fingerprint density at radius 1 is 0.458 bits per heavy atom. The smallest absolute Gasteiger partial charge is 0.0540 e. The van der Waals surface area contributed by atoms with E-state index in [1.807, 2.05) is 0 Å². The van der Waals surface area contributed by atoms with Crippen LogP contribution >= 0.6 is 0 Å². The van der Waals surface area contributed by atoms with E-state index in [-0.39, 0.29) is 11.6 Å². The lowest BCUT2D eigenvalue weighted by molar-refractivity contribution is 0.130. The highest BCUT2D eigenvalue weighted by molar-refractivity contribution is 4.68. The standard InChI is InChI=1S/2C8H16.C6H12O.H2O/c2*1-7-5-3-4-6-8(7)2;7-6-4-2-1-3-5-6;/h2*7-8H,3-6H2,1-2H3;6-7H,1-5H2;1H2. The molecule has 0 aromatic carbocycles. The summed E-state index contributed by atoms with van der Waals surface area (Å²) in [7, 11) is 0. The molecule has 3 aliphatic carbocycles. The topological polar surface area (TPSA) is 51.7 Å². The van der Waals surface area contributed by atoms with Crippen LogP contribution in [0, 0.1) is 23.7 Å². The van der Waals surface area contributed by atoms with Crippen LogP contribution in [0.15, 0.2) is 0 Å². The molecule has 0 heterocycles. The number of aliphatic hydroxyl groups excluding tert-OH is 1. The quantitative estimate of drug-likeness (QED) is 0.563. The molecule has 3 rings (SSSR count). The third-order valence-electron chi connectivity index (χ3n) is 6.66. The summed E-state index contributed by atoms with van der Waals surface area (Å²) in [6.07, 6.45) is 17.7. The van der Waals surface area contributed by atoms with Gasteiger partial charge in [0.25, 0.3) is 0 Å². The molecule has 3 saturated carbocycles. The van der Waals surface area contributed by atoms with E-state index in [0.29, 0.717) is 0 Å². The highest BCUT2D eigenvalue weighted by Gasteiger charge is 2.16. The van der Waals surface area contributed by atoms with Crippen molar-refractivity contribution >= 4 is 0 Å². The zero-order valence-corrected chi connectivity index (χ0v) is 17.0. The minimum absolute atomic E-state index is 0. The highest BCUT2D eigenvalue weighted by Crippen LogP contribution is 2.29. The van der Waals surface area contributed by atoms with E-state index < -0.39 is 0 Å². The van der Waals surface area contributed by atoms with Gasteiger partial charge < -0.3 is 10.6 Å². The maximum atomic E-state index is 8.91. The summed E-state index contributed by atoms with van der Waals surface area (Å²) < 4.78 is 0. The Morgan fingerprint density at radius 2 is 0.708 bits per heavy atom. The van der Waals surface area contributed by atoms with Crippen molar-refractivity contribution < 1.29 is 10.6 Å². The lowest BCUT2D eigenvalue weighted by Gasteiger charge is -2.24. The number of rotatable bonds is 0. The normalized spacial score (nSPS) is 33.9. The zero-order chi connectivity index (χ0) is 17.1. The summed E-state index contributed by atoms with van der Waals surface area (Å²) in [5, 5.41) is 8.91. The van der Waals surface area contributed by atoms with Gasteiger partial charge in [0.15, 0.2) is 0 Å². The fraction of sp³-hybridized carbons (Fsp3) is 1.00. The van der Waals surface area contributed by atoms with Crippen molar-refractivity contribution in [2.24, 2.45) is 23.7 Å². The minimum atomic E-state index is 0. The van der Waals surface area contributed by atoms with Crippen molar-refractivity contribution in [1.82, 2.24) is 0 Å². The molecule has 0 spiro atoms. The monoisotopic (exact) mass is 342 g/mol. The third kappa shape index (κ3) is 10.7. The van der Waals surface area contributed by atoms with Gasteiger partial charge in [0.2, 0.25) is 0 Å². The average Bonchev–Trinajstić information content (AvgIpc) is 2.55. The van der Waals surface area contributed by atoms with Crippen LogP contribution in [0.5, 0.6) is 0 Å². The molecule has 4 unspecified atom stereocenters. The van der Waals surface area contributed by atoms with Gasteiger partial charge in [-0.1, -0.05) is 98.3 Å². The van der Waals surface area contributed by atoms with Crippen molar-refractivity contribution in [1.29, 1.82) is 0 Å². The number of hydrogen-bond acceptors (Lipinski definition) is 1. The van der Waals surface area contributed by atoms with Gasteiger partial charge >= 0.3 is 0 Å². The van der Waals surface area contributed by atoms with Gasteiger partial charge in [-0.15, -0.1) is 0 Å². The van der Waals surface area contributed by atoms with E-state index in [1.54, 1.807) is 0 Å². The average molecular weight is 343 g/mol. The summed E-state index contributed by atoms with van der Waals surface area (Å²) in [5.74, 6) is 4.01. The number of hydrogen-bond donors (Lipinski definition) is 1. The fourth-order valence-electron chi connectivity index (χ4n) is 4.08. The molecule has 0 aromatic rings. The van der Waals surface area contributed by atoms with Crippen LogP contribution in [0.1, 0.15) is 111 Å². The van der Waals surface area contributed by atoms with E-state index in [9.17, 15) is 0 Å². The SMILES string of the molecule is CC1CCCCC1C.CC1CCCCC1C.O.OC1CCCCC1. The van der Waals surface area contributed by atoms with Crippen LogP contribution in [-0.4, -0.2) is 16.7 Å². The molecule has 4 atom stereocenters. The summed E-state index contributed by atoms with van der Waals surface area (Å²) in [6.45, 7) is 9.52. The molecular weight excluding hydrogens is 296 g/mol. The van der Waals surface area contributed by atoms with Gasteiger partial charge in [0.05, 0.1) is 6.10 Å². The molecule has 0 aromatic heterocycles. The summed E-state index contributed by atoms with van der Waals surface area (Å²) in [5.41, 5.74) is 0. The largest absolute Gasteiger partial charge is 0.412 e. The Labute approximate surface area is 152 Å². The Bertz CT molecular complexity index is 233. The first kappa shape index (κ1) is 23.9. The molecule has 0 amide bonds. The predicted octanol–water partition coefficient (Wildman–Crippen LogP) is 6.15. The van der Waals surface area contributed by atoms with E-state index in [4.69, 9.17) is 5.11 Å².